The van der Waals surface area contributed by atoms with Crippen molar-refractivity contribution >= 4 is 17.5 Å². The van der Waals surface area contributed by atoms with Gasteiger partial charge in [-0.15, -0.1) is 11.8 Å². The van der Waals surface area contributed by atoms with E-state index >= 15 is 0 Å². The number of carbonyl (C=O) groups excluding carboxylic acids is 1. The number of carbonyl (C=O) groups is 1. The zero-order valence-electron chi connectivity index (χ0n) is 11.8. The number of fused-ring (bicyclic) bond motifs is 1. The number of hydrogen-bond acceptors (Lipinski definition) is 6. The van der Waals surface area contributed by atoms with Crippen molar-refractivity contribution in [3.05, 3.63) is 10.7 Å². The van der Waals surface area contributed by atoms with Gasteiger partial charge in [0.2, 0.25) is 6.29 Å². The van der Waals surface area contributed by atoms with Gasteiger partial charge in [0.1, 0.15) is 23.2 Å². The molecule has 0 saturated carbocycles. The first-order valence-corrected chi connectivity index (χ1v) is 7.78. The van der Waals surface area contributed by atoms with Crippen LogP contribution in [-0.2, 0) is 14.3 Å². The fraction of sp³-hybridized carbons (Fsp3) is 0.786. The molecule has 5 unspecified atom stereocenters. The van der Waals surface area contributed by atoms with E-state index in [1.807, 2.05) is 13.8 Å². The van der Waals surface area contributed by atoms with Gasteiger partial charge in [0.25, 0.3) is 0 Å². The quantitative estimate of drug-likeness (QED) is 0.700. The number of Topliss-reactive ketones (excluding diaryl/α,β-unsaturated/α-hetero) is 1. The molecule has 1 saturated heterocycles. The van der Waals surface area contributed by atoms with Crippen molar-refractivity contribution in [3.63, 3.8) is 0 Å². The van der Waals surface area contributed by atoms with Gasteiger partial charge in [-0.1, -0.05) is 13.8 Å². The van der Waals surface area contributed by atoms with Crippen molar-refractivity contribution in [1.29, 1.82) is 0 Å². The molecule has 2 heterocycles. The van der Waals surface area contributed by atoms with Gasteiger partial charge in [0.05, 0.1) is 11.0 Å². The molecule has 2 N–H and O–H groups in total. The van der Waals surface area contributed by atoms with E-state index in [9.17, 15) is 15.0 Å². The summed E-state index contributed by atoms with van der Waals surface area (Å²) in [5.41, 5.74) is -0.109. The fourth-order valence-corrected chi connectivity index (χ4v) is 4.23. The maximum absolute atomic E-state index is 12.2. The van der Waals surface area contributed by atoms with Crippen LogP contribution in [0.25, 0.3) is 0 Å². The van der Waals surface area contributed by atoms with E-state index in [-0.39, 0.29) is 11.2 Å². The van der Waals surface area contributed by atoms with Crippen molar-refractivity contribution in [2.75, 3.05) is 0 Å². The topological polar surface area (TPSA) is 76.0 Å². The largest absolute Gasteiger partial charge is 0.467 e. The Labute approximate surface area is 122 Å². The molecule has 3 rings (SSSR count). The minimum atomic E-state index is -0.954. The Kier molecular flexibility index (Phi) is 3.40. The fourth-order valence-electron chi connectivity index (χ4n) is 2.97. The Balaban J connectivity index is 1.89. The molecule has 1 aliphatic carbocycles. The van der Waals surface area contributed by atoms with Crippen molar-refractivity contribution in [2.45, 2.75) is 63.5 Å². The van der Waals surface area contributed by atoms with Crippen LogP contribution in [0.5, 0.6) is 0 Å². The van der Waals surface area contributed by atoms with Gasteiger partial charge in [-0.05, 0) is 12.3 Å². The highest BCUT2D eigenvalue weighted by atomic mass is 32.2. The van der Waals surface area contributed by atoms with E-state index in [1.165, 1.54) is 11.8 Å². The summed E-state index contributed by atoms with van der Waals surface area (Å²) in [6.07, 6.45) is -1.82. The summed E-state index contributed by atoms with van der Waals surface area (Å²) in [6, 6.07) is 0. The lowest BCUT2D eigenvalue weighted by molar-refractivity contribution is -0.232. The number of hydrogen-bond donors (Lipinski definition) is 2. The maximum Gasteiger partial charge on any atom is 0.214 e. The van der Waals surface area contributed by atoms with E-state index in [2.05, 4.69) is 0 Å². The van der Waals surface area contributed by atoms with Crippen molar-refractivity contribution in [1.82, 2.24) is 0 Å². The number of ketones is 1. The van der Waals surface area contributed by atoms with Crippen LogP contribution in [0.3, 0.4) is 0 Å². The summed E-state index contributed by atoms with van der Waals surface area (Å²) in [5.74, 6) is 0.730. The minimum Gasteiger partial charge on any atom is -0.467 e. The van der Waals surface area contributed by atoms with Crippen LogP contribution < -0.4 is 0 Å². The molecule has 0 radical (unpaired) electrons. The highest BCUT2D eigenvalue weighted by Gasteiger charge is 2.50. The van der Waals surface area contributed by atoms with Crippen molar-refractivity contribution < 1.29 is 24.5 Å². The second-order valence-electron chi connectivity index (χ2n) is 6.58. The second-order valence-corrected chi connectivity index (χ2v) is 7.77. The lowest BCUT2D eigenvalue weighted by Crippen LogP contribution is -2.57. The van der Waals surface area contributed by atoms with Gasteiger partial charge in [-0.25, -0.2) is 0 Å². The summed E-state index contributed by atoms with van der Waals surface area (Å²) in [7, 11) is 0. The van der Waals surface area contributed by atoms with Crippen LogP contribution in [-0.4, -0.2) is 45.8 Å². The first kappa shape index (κ1) is 14.4. The van der Waals surface area contributed by atoms with E-state index in [1.54, 1.807) is 6.92 Å². The van der Waals surface area contributed by atoms with Crippen LogP contribution in [0.1, 0.15) is 33.6 Å². The summed E-state index contributed by atoms with van der Waals surface area (Å²) in [6.45, 7) is 5.79. The molecule has 0 amide bonds. The van der Waals surface area contributed by atoms with Crippen LogP contribution in [0.4, 0.5) is 0 Å². The Bertz CT molecular complexity index is 472. The van der Waals surface area contributed by atoms with E-state index in [0.29, 0.717) is 23.5 Å². The van der Waals surface area contributed by atoms with Gasteiger partial charge in [-0.3, -0.25) is 4.79 Å². The minimum absolute atomic E-state index is 0.0556. The van der Waals surface area contributed by atoms with Crippen LogP contribution in [0.2, 0.25) is 0 Å². The predicted octanol–water partition coefficient (Wildman–Crippen LogP) is 1.19. The molecule has 1 fully saturated rings. The Morgan fingerprint density at radius 1 is 1.25 bits per heavy atom. The highest BCUT2D eigenvalue weighted by Crippen LogP contribution is 2.48. The Morgan fingerprint density at radius 3 is 2.65 bits per heavy atom. The molecule has 6 heteroatoms. The predicted molar refractivity (Wildman–Crippen MR) is 73.9 cm³/mol. The number of allylic oxidation sites excluding steroid dienone is 2. The lowest BCUT2D eigenvalue weighted by Gasteiger charge is -2.46. The SMILES string of the molecule is CC1OC2OC3=C(SC2C(O)C1O)C(=O)CC(C)(C)C3. The van der Waals surface area contributed by atoms with Crippen molar-refractivity contribution in [2.24, 2.45) is 5.41 Å². The highest BCUT2D eigenvalue weighted by molar-refractivity contribution is 8.04. The van der Waals surface area contributed by atoms with Gasteiger partial charge in [-0.2, -0.15) is 0 Å². The van der Waals surface area contributed by atoms with E-state index < -0.39 is 29.9 Å². The van der Waals surface area contributed by atoms with Gasteiger partial charge in [0, 0.05) is 12.8 Å². The van der Waals surface area contributed by atoms with E-state index in [4.69, 9.17) is 9.47 Å². The van der Waals surface area contributed by atoms with Gasteiger partial charge >= 0.3 is 0 Å². The molecule has 5 atom stereocenters. The molecule has 0 aromatic heterocycles. The van der Waals surface area contributed by atoms with Gasteiger partial charge < -0.3 is 19.7 Å². The maximum atomic E-state index is 12.2. The summed E-state index contributed by atoms with van der Waals surface area (Å²) in [5, 5.41) is 19.6. The lowest BCUT2D eigenvalue weighted by atomic mass is 9.79. The number of rotatable bonds is 0. The average molecular weight is 300 g/mol. The number of ether oxygens (including phenoxy) is 2. The molecule has 0 aromatic rings. The average Bonchev–Trinajstić information content (AvgIpc) is 2.33. The molecule has 2 aliphatic heterocycles. The van der Waals surface area contributed by atoms with Crippen LogP contribution in [0.15, 0.2) is 10.7 Å². The normalized spacial score (nSPS) is 43.6. The molecule has 0 bridgehead atoms. The van der Waals surface area contributed by atoms with Gasteiger partial charge in [0.15, 0.2) is 5.78 Å². The van der Waals surface area contributed by atoms with Crippen LogP contribution in [0, 0.1) is 5.41 Å². The molecule has 3 aliphatic rings. The molecule has 112 valence electrons. The number of aliphatic hydroxyl groups excluding tert-OH is 2. The van der Waals surface area contributed by atoms with Crippen LogP contribution >= 0.6 is 11.8 Å². The first-order chi connectivity index (χ1) is 9.28. The van der Waals surface area contributed by atoms with Crippen molar-refractivity contribution in [3.8, 4) is 0 Å². The molecular weight excluding hydrogens is 280 g/mol. The molecule has 0 spiro atoms. The monoisotopic (exact) mass is 300 g/mol. The summed E-state index contributed by atoms with van der Waals surface area (Å²) in [4.78, 5) is 12.8. The first-order valence-electron chi connectivity index (χ1n) is 6.90. The second kappa shape index (κ2) is 4.73. The number of thioether (sulfide) groups is 1. The molecule has 20 heavy (non-hydrogen) atoms. The third kappa shape index (κ3) is 2.28. The zero-order chi connectivity index (χ0) is 14.7. The Morgan fingerprint density at radius 2 is 1.95 bits per heavy atom. The zero-order valence-corrected chi connectivity index (χ0v) is 12.6. The third-order valence-corrected chi connectivity index (χ3v) is 5.55. The summed E-state index contributed by atoms with van der Waals surface area (Å²) < 4.78 is 11.5. The smallest absolute Gasteiger partial charge is 0.214 e. The molecule has 0 aromatic carbocycles. The van der Waals surface area contributed by atoms with E-state index in [0.717, 1.165) is 0 Å². The molecule has 5 nitrogen and oxygen atoms in total. The Hall–Kier alpha value is -0.560. The third-order valence-electron chi connectivity index (χ3n) is 4.08. The molecular formula is C14H20O5S. The standard InChI is InChI=1S/C14H20O5S/c1-6-9(16)10(17)12-13(18-6)19-8-5-14(2,3)4-7(15)11(8)20-12/h6,9-10,12-13,16-17H,4-5H2,1-3H3. The summed E-state index contributed by atoms with van der Waals surface area (Å²) >= 11 is 1.29. The number of aliphatic hydroxyl groups is 2.